The zero-order valence-corrected chi connectivity index (χ0v) is 12.8. The summed E-state index contributed by atoms with van der Waals surface area (Å²) in [6.07, 6.45) is 1.28. The van der Waals surface area contributed by atoms with E-state index < -0.39 is 9.84 Å². The van der Waals surface area contributed by atoms with Gasteiger partial charge in [-0.25, -0.2) is 8.42 Å². The summed E-state index contributed by atoms with van der Waals surface area (Å²) < 4.78 is 22.1. The third-order valence-corrected chi connectivity index (χ3v) is 4.80. The second-order valence-corrected chi connectivity index (χ2v) is 7.78. The third kappa shape index (κ3) is 5.89. The summed E-state index contributed by atoms with van der Waals surface area (Å²) in [4.78, 5) is 1.14. The summed E-state index contributed by atoms with van der Waals surface area (Å²) >= 11 is 1.59. The van der Waals surface area contributed by atoms with Crippen molar-refractivity contribution in [1.82, 2.24) is 5.32 Å². The topological polar surface area (TPSA) is 46.2 Å². The lowest BCUT2D eigenvalue weighted by Crippen LogP contribution is -2.12. The van der Waals surface area contributed by atoms with Gasteiger partial charge in [-0.1, -0.05) is 13.0 Å². The van der Waals surface area contributed by atoms with E-state index in [9.17, 15) is 8.42 Å². The molecule has 0 aliphatic heterocycles. The maximum absolute atomic E-state index is 11.0. The van der Waals surface area contributed by atoms with Gasteiger partial charge < -0.3 is 5.32 Å². The van der Waals surface area contributed by atoms with Crippen molar-refractivity contribution in [2.24, 2.45) is 0 Å². The molecule has 0 fully saturated rings. The Kier molecular flexibility index (Phi) is 6.18. The smallest absolute Gasteiger partial charge is 0.148 e. The van der Waals surface area contributed by atoms with Crippen LogP contribution in [-0.2, 0) is 16.4 Å². The van der Waals surface area contributed by atoms with Crippen LogP contribution < -0.4 is 5.32 Å². The highest BCUT2D eigenvalue weighted by molar-refractivity contribution is 8.00. The molecule has 0 spiro atoms. The van der Waals surface area contributed by atoms with Crippen LogP contribution in [-0.4, -0.2) is 32.7 Å². The normalized spacial score (nSPS) is 11.7. The van der Waals surface area contributed by atoms with Crippen molar-refractivity contribution in [3.8, 4) is 0 Å². The van der Waals surface area contributed by atoms with Gasteiger partial charge in [-0.2, -0.15) is 0 Å². The summed E-state index contributed by atoms with van der Waals surface area (Å²) in [6.45, 7) is 6.03. The molecule has 5 heteroatoms. The number of aryl methyl sites for hydroxylation is 1. The lowest BCUT2D eigenvalue weighted by atomic mass is 10.1. The van der Waals surface area contributed by atoms with Gasteiger partial charge in [-0.3, -0.25) is 0 Å². The monoisotopic (exact) mass is 287 g/mol. The number of nitrogens with one attached hydrogen (secondary N) is 1. The van der Waals surface area contributed by atoms with Crippen LogP contribution >= 0.6 is 11.8 Å². The first-order chi connectivity index (χ1) is 8.42. The molecule has 0 bridgehead atoms. The second-order valence-electron chi connectivity index (χ2n) is 4.35. The van der Waals surface area contributed by atoms with E-state index in [-0.39, 0.29) is 5.75 Å². The molecule has 3 nitrogen and oxygen atoms in total. The molecule has 0 radical (unpaired) electrons. The van der Waals surface area contributed by atoms with Crippen LogP contribution in [0.25, 0.3) is 0 Å². The Morgan fingerprint density at radius 3 is 2.61 bits per heavy atom. The van der Waals surface area contributed by atoms with E-state index in [2.05, 4.69) is 37.4 Å². The van der Waals surface area contributed by atoms with Crippen LogP contribution in [0.3, 0.4) is 0 Å². The summed E-state index contributed by atoms with van der Waals surface area (Å²) in [5.74, 6) is 0.848. The zero-order valence-electron chi connectivity index (χ0n) is 11.2. The maximum Gasteiger partial charge on any atom is 0.148 e. The van der Waals surface area contributed by atoms with E-state index in [1.54, 1.807) is 11.8 Å². The lowest BCUT2D eigenvalue weighted by Gasteiger charge is -2.08. The number of benzene rings is 1. The number of thioether (sulfide) groups is 1. The fraction of sp³-hybridized carbons (Fsp3) is 0.538. The molecule has 0 saturated carbocycles. The highest BCUT2D eigenvalue weighted by Crippen LogP contribution is 2.21. The van der Waals surface area contributed by atoms with Crippen molar-refractivity contribution >= 4 is 21.6 Å². The fourth-order valence-electron chi connectivity index (χ4n) is 1.53. The summed E-state index contributed by atoms with van der Waals surface area (Å²) in [7, 11) is -2.86. The van der Waals surface area contributed by atoms with Gasteiger partial charge in [0.2, 0.25) is 0 Å². The molecular weight excluding hydrogens is 266 g/mol. The van der Waals surface area contributed by atoms with Gasteiger partial charge >= 0.3 is 0 Å². The average molecular weight is 287 g/mol. The minimum absolute atomic E-state index is 0.232. The van der Waals surface area contributed by atoms with Crippen LogP contribution in [0.15, 0.2) is 23.1 Å². The van der Waals surface area contributed by atoms with E-state index in [0.717, 1.165) is 18.0 Å². The Morgan fingerprint density at radius 1 is 1.33 bits per heavy atom. The molecule has 0 heterocycles. The van der Waals surface area contributed by atoms with E-state index >= 15 is 0 Å². The first-order valence-electron chi connectivity index (χ1n) is 6.03. The first-order valence-corrected chi connectivity index (χ1v) is 9.07. The van der Waals surface area contributed by atoms with E-state index in [1.165, 1.54) is 17.4 Å². The number of hydrogen-bond donors (Lipinski definition) is 1. The number of sulfone groups is 1. The van der Waals surface area contributed by atoms with Gasteiger partial charge in [0.25, 0.3) is 0 Å². The second kappa shape index (κ2) is 7.16. The molecule has 1 aromatic rings. The quantitative estimate of drug-likeness (QED) is 0.781. The predicted molar refractivity (Wildman–Crippen MR) is 79.0 cm³/mol. The molecule has 0 saturated heterocycles. The minimum Gasteiger partial charge on any atom is -0.313 e. The highest BCUT2D eigenvalue weighted by Gasteiger charge is 2.04. The molecule has 1 N–H and O–H groups in total. The van der Waals surface area contributed by atoms with Crippen LogP contribution in [0.4, 0.5) is 0 Å². The van der Waals surface area contributed by atoms with Crippen molar-refractivity contribution in [1.29, 1.82) is 0 Å². The minimum atomic E-state index is -2.86. The Morgan fingerprint density at radius 2 is 2.06 bits per heavy atom. The van der Waals surface area contributed by atoms with Crippen molar-refractivity contribution in [3.63, 3.8) is 0 Å². The molecule has 1 aromatic carbocycles. The molecule has 1 rings (SSSR count). The summed E-state index contributed by atoms with van der Waals surface area (Å²) in [6, 6.07) is 6.30. The SMILES string of the molecule is CCNCc1ccc(SCCS(C)(=O)=O)cc1C. The predicted octanol–water partition coefficient (Wildman–Crippen LogP) is 2.24. The Labute approximate surface area is 114 Å². The standard InChI is InChI=1S/C13H21NO2S2/c1-4-14-10-12-5-6-13(9-11(12)2)17-7-8-18(3,15)16/h5-6,9,14H,4,7-8,10H2,1-3H3. The molecule has 102 valence electrons. The average Bonchev–Trinajstić information content (AvgIpc) is 2.26. The first kappa shape index (κ1) is 15.5. The van der Waals surface area contributed by atoms with E-state index in [0.29, 0.717) is 5.75 Å². The molecule has 0 atom stereocenters. The fourth-order valence-corrected chi connectivity index (χ4v) is 3.73. The van der Waals surface area contributed by atoms with Gasteiger partial charge in [-0.05, 0) is 36.7 Å². The lowest BCUT2D eigenvalue weighted by molar-refractivity contribution is 0.603. The van der Waals surface area contributed by atoms with Crippen molar-refractivity contribution in [3.05, 3.63) is 29.3 Å². The van der Waals surface area contributed by atoms with E-state index in [1.807, 2.05) is 0 Å². The molecular formula is C13H21NO2S2. The molecule has 0 amide bonds. The Bertz CT molecular complexity index is 484. The van der Waals surface area contributed by atoms with Gasteiger partial charge in [0, 0.05) is 23.4 Å². The number of rotatable bonds is 7. The third-order valence-electron chi connectivity index (χ3n) is 2.60. The van der Waals surface area contributed by atoms with Gasteiger partial charge in [0.05, 0.1) is 5.75 Å². The summed E-state index contributed by atoms with van der Waals surface area (Å²) in [5, 5.41) is 3.30. The molecule has 0 unspecified atom stereocenters. The van der Waals surface area contributed by atoms with Crippen LogP contribution in [0.1, 0.15) is 18.1 Å². The largest absolute Gasteiger partial charge is 0.313 e. The van der Waals surface area contributed by atoms with Crippen molar-refractivity contribution in [2.45, 2.75) is 25.3 Å². The van der Waals surface area contributed by atoms with Gasteiger partial charge in [0.1, 0.15) is 9.84 Å². The Balaban J connectivity index is 2.56. The van der Waals surface area contributed by atoms with Gasteiger partial charge in [0.15, 0.2) is 0 Å². The van der Waals surface area contributed by atoms with Crippen LogP contribution in [0, 0.1) is 6.92 Å². The molecule has 0 aromatic heterocycles. The molecule has 0 aliphatic carbocycles. The summed E-state index contributed by atoms with van der Waals surface area (Å²) in [5.41, 5.74) is 2.55. The van der Waals surface area contributed by atoms with Crippen LogP contribution in [0.2, 0.25) is 0 Å². The highest BCUT2D eigenvalue weighted by atomic mass is 32.2. The zero-order chi connectivity index (χ0) is 13.6. The Hall–Kier alpha value is -0.520. The number of hydrogen-bond acceptors (Lipinski definition) is 4. The van der Waals surface area contributed by atoms with Gasteiger partial charge in [-0.15, -0.1) is 11.8 Å². The van der Waals surface area contributed by atoms with E-state index in [4.69, 9.17) is 0 Å². The van der Waals surface area contributed by atoms with Crippen molar-refractivity contribution in [2.75, 3.05) is 24.3 Å². The van der Waals surface area contributed by atoms with Crippen LogP contribution in [0.5, 0.6) is 0 Å². The molecule has 18 heavy (non-hydrogen) atoms. The molecule has 0 aliphatic rings. The van der Waals surface area contributed by atoms with Crippen molar-refractivity contribution < 1.29 is 8.42 Å². The maximum atomic E-state index is 11.0.